The van der Waals surface area contributed by atoms with Crippen molar-refractivity contribution < 1.29 is 44.3 Å². The van der Waals surface area contributed by atoms with Crippen molar-refractivity contribution in [3.8, 4) is 0 Å². The molecule has 1 aromatic carbocycles. The van der Waals surface area contributed by atoms with Crippen molar-refractivity contribution in [3.05, 3.63) is 110 Å². The molecule has 2 heterocycles. The standard InChI is InChI=1S/C21H23P.5CO.W/c1-14(2)18-13-19-15(3)10-11-21(19)16(4)12-20(18)22(21)17-8-6-5-7-9-17;5*1-2;/h5-14,20H,1-4H3;;;;;;/t20-,21+,22?;;;;;;/m1....../s1. The monoisotopic (exact) mass is 630 g/mol. The van der Waals surface area contributed by atoms with Gasteiger partial charge in [0, 0.05) is 26.7 Å². The second kappa shape index (κ2) is 18.4. The molecule has 5 nitrogen and oxygen atoms in total. The van der Waals surface area contributed by atoms with Crippen molar-refractivity contribution in [3.63, 3.8) is 0 Å². The minimum Gasteiger partial charge on any atom is 0 e. The van der Waals surface area contributed by atoms with Gasteiger partial charge in [0.25, 0.3) is 0 Å². The van der Waals surface area contributed by atoms with Crippen LogP contribution in [0.5, 0.6) is 0 Å². The summed E-state index contributed by atoms with van der Waals surface area (Å²) >= 11 is 0. The van der Waals surface area contributed by atoms with Gasteiger partial charge in [-0.05, 0) is 44.1 Å². The molecule has 7 heteroatoms. The first-order chi connectivity index (χ1) is 15.6. The van der Waals surface area contributed by atoms with Crippen molar-refractivity contribution in [2.75, 3.05) is 0 Å². The Kier molecular flexibility index (Phi) is 19.9. The molecule has 0 aromatic heterocycles. The van der Waals surface area contributed by atoms with Crippen LogP contribution in [-0.2, 0) is 44.3 Å². The molecule has 1 aromatic rings. The van der Waals surface area contributed by atoms with Gasteiger partial charge in [-0.2, -0.15) is 0 Å². The summed E-state index contributed by atoms with van der Waals surface area (Å²) in [6, 6.07) is 11.2. The number of fused-ring (bicyclic) bond motifs is 1. The second-order valence-corrected chi connectivity index (χ2v) is 9.51. The molecule has 0 N–H and O–H groups in total. The van der Waals surface area contributed by atoms with E-state index >= 15 is 0 Å². The van der Waals surface area contributed by atoms with Gasteiger partial charge >= 0.3 is 56.5 Å². The van der Waals surface area contributed by atoms with E-state index in [2.05, 4.69) is 116 Å². The summed E-state index contributed by atoms with van der Waals surface area (Å²) in [5.41, 5.74) is 6.81. The SMILES string of the molecule is CC1=C[C@@H]2C(C(C)C)=CC3=C(C)C=C[C@]13P2c1ccccc1.[C-]#[O+].[C-]#[O+].[C-]#[O+].[C-]#[O+].[C-]#[O+].[W]. The van der Waals surface area contributed by atoms with E-state index in [0.717, 1.165) is 0 Å². The third-order valence-electron chi connectivity index (χ3n) is 5.43. The van der Waals surface area contributed by atoms with Crippen molar-refractivity contribution >= 4 is 13.2 Å². The van der Waals surface area contributed by atoms with Gasteiger partial charge in [0.05, 0.1) is 5.16 Å². The average Bonchev–Trinajstić information content (AvgIpc) is 3.32. The Morgan fingerprint density at radius 2 is 1.33 bits per heavy atom. The van der Waals surface area contributed by atoms with E-state index in [4.69, 9.17) is 23.3 Å². The number of benzene rings is 1. The summed E-state index contributed by atoms with van der Waals surface area (Å²) in [7, 11) is -0.283. The summed E-state index contributed by atoms with van der Waals surface area (Å²) in [6.45, 7) is 31.8. The molecule has 0 saturated heterocycles. The molecule has 0 fully saturated rings. The molecular weight excluding hydrogens is 607 g/mol. The molecule has 168 valence electrons. The summed E-state index contributed by atoms with van der Waals surface area (Å²) in [5.74, 6) is 0.611. The van der Waals surface area contributed by atoms with E-state index in [1.54, 1.807) is 22.0 Å². The number of allylic oxidation sites excluding steroid dienone is 8. The summed E-state index contributed by atoms with van der Waals surface area (Å²) in [5, 5.41) is 1.71. The molecule has 1 unspecified atom stereocenters. The Morgan fingerprint density at radius 3 is 1.79 bits per heavy atom. The fourth-order valence-electron chi connectivity index (χ4n) is 4.31. The molecule has 0 radical (unpaired) electrons. The van der Waals surface area contributed by atoms with E-state index in [1.807, 2.05) is 0 Å². The first-order valence-electron chi connectivity index (χ1n) is 9.23. The molecule has 0 amide bonds. The maximum Gasteiger partial charge on any atom is 0 e. The molecule has 33 heavy (non-hydrogen) atoms. The van der Waals surface area contributed by atoms with Gasteiger partial charge in [-0.1, -0.05) is 79.6 Å². The van der Waals surface area contributed by atoms with Crippen LogP contribution in [0.3, 0.4) is 0 Å². The van der Waals surface area contributed by atoms with Crippen LogP contribution in [-0.4, -0.2) is 10.8 Å². The Hall–Kier alpha value is -2.00. The summed E-state index contributed by atoms with van der Waals surface area (Å²) < 4.78 is 37.5. The van der Waals surface area contributed by atoms with Gasteiger partial charge in [-0.25, -0.2) is 0 Å². The van der Waals surface area contributed by atoms with Crippen LogP contribution in [0.2, 0.25) is 0 Å². The molecule has 1 spiro atoms. The van der Waals surface area contributed by atoms with Gasteiger partial charge in [0.1, 0.15) is 0 Å². The van der Waals surface area contributed by atoms with Crippen LogP contribution in [0.15, 0.2) is 76.9 Å². The van der Waals surface area contributed by atoms with Gasteiger partial charge in [-0.3, -0.25) is 0 Å². The number of hydrogen-bond donors (Lipinski definition) is 0. The first-order valence-corrected chi connectivity index (χ1v) is 10.6. The molecular formula is C26H23O5PW. The fourth-order valence-corrected chi connectivity index (χ4v) is 8.20. The Morgan fingerprint density at radius 1 is 0.848 bits per heavy atom. The molecule has 1 aliphatic carbocycles. The normalized spacial score (nSPS) is 21.9. The van der Waals surface area contributed by atoms with E-state index in [1.165, 1.54) is 5.57 Å². The van der Waals surface area contributed by atoms with Gasteiger partial charge < -0.3 is 0 Å². The van der Waals surface area contributed by atoms with E-state index in [0.29, 0.717) is 11.6 Å². The minimum absolute atomic E-state index is 0. The Balaban J connectivity index is -0.000000730. The molecule has 3 atom stereocenters. The predicted molar refractivity (Wildman–Crippen MR) is 118 cm³/mol. The second-order valence-electron chi connectivity index (χ2n) is 7.00. The topological polar surface area (TPSA) is 99.5 Å². The summed E-state index contributed by atoms with van der Waals surface area (Å²) in [4.78, 5) is 0. The van der Waals surface area contributed by atoms with Crippen LogP contribution in [0, 0.1) is 39.2 Å². The smallest absolute Gasteiger partial charge is 0 e. The molecule has 3 aliphatic rings. The quantitative estimate of drug-likeness (QED) is 0.187. The van der Waals surface area contributed by atoms with E-state index in [-0.39, 0.29) is 34.1 Å². The van der Waals surface area contributed by atoms with Crippen LogP contribution in [0.1, 0.15) is 27.7 Å². The largest absolute Gasteiger partial charge is 0 e. The van der Waals surface area contributed by atoms with Gasteiger partial charge in [0.2, 0.25) is 0 Å². The van der Waals surface area contributed by atoms with Gasteiger partial charge in [-0.15, -0.1) is 0 Å². The zero-order chi connectivity index (χ0) is 25.5. The van der Waals surface area contributed by atoms with Crippen molar-refractivity contribution in [2.45, 2.75) is 38.5 Å². The van der Waals surface area contributed by atoms with Crippen molar-refractivity contribution in [1.29, 1.82) is 0 Å². The van der Waals surface area contributed by atoms with Gasteiger partial charge in [0.15, 0.2) is 0 Å². The zero-order valence-electron chi connectivity index (χ0n) is 18.7. The third-order valence-corrected chi connectivity index (χ3v) is 8.79. The number of hydrogen-bond acceptors (Lipinski definition) is 0. The van der Waals surface area contributed by atoms with E-state index in [9.17, 15) is 0 Å². The van der Waals surface area contributed by atoms with Crippen LogP contribution < -0.4 is 5.30 Å². The maximum atomic E-state index is 7.50. The van der Waals surface area contributed by atoms with Crippen molar-refractivity contribution in [1.82, 2.24) is 0 Å². The zero-order valence-corrected chi connectivity index (χ0v) is 22.6. The predicted octanol–water partition coefficient (Wildman–Crippen LogP) is 5.15. The molecule has 0 saturated carbocycles. The fraction of sp³-hybridized carbons (Fsp3) is 0.269. The Labute approximate surface area is 211 Å². The molecule has 2 bridgehead atoms. The molecule has 4 rings (SSSR count). The minimum atomic E-state index is -0.283. The van der Waals surface area contributed by atoms with Crippen LogP contribution >= 0.6 is 7.92 Å². The molecule has 2 aliphatic heterocycles. The third kappa shape index (κ3) is 6.99. The van der Waals surface area contributed by atoms with Crippen LogP contribution in [0.4, 0.5) is 0 Å². The Bertz CT molecular complexity index is 943. The van der Waals surface area contributed by atoms with E-state index < -0.39 is 0 Å². The number of rotatable bonds is 2. The van der Waals surface area contributed by atoms with Crippen molar-refractivity contribution in [2.24, 2.45) is 5.92 Å². The summed E-state index contributed by atoms with van der Waals surface area (Å²) in [6.07, 6.45) is 9.95. The first kappa shape index (κ1) is 35.6. The van der Waals surface area contributed by atoms with Crippen LogP contribution in [0.25, 0.3) is 0 Å². The average molecular weight is 630 g/mol. The maximum absolute atomic E-state index is 7.50.